The number of nitrogens with zero attached hydrogens (tertiary/aromatic N) is 2. The molecule has 0 unspecified atom stereocenters. The highest BCUT2D eigenvalue weighted by Gasteiger charge is 2.10. The maximum absolute atomic E-state index is 12.4. The van der Waals surface area contributed by atoms with Gasteiger partial charge in [0.1, 0.15) is 5.65 Å². The third-order valence-corrected chi connectivity index (χ3v) is 2.04. The van der Waals surface area contributed by atoms with Crippen LogP contribution in [0.5, 0.6) is 0 Å². The second-order valence-corrected chi connectivity index (χ2v) is 2.87. The van der Waals surface area contributed by atoms with Gasteiger partial charge >= 0.3 is 6.55 Å². The van der Waals surface area contributed by atoms with Crippen LogP contribution in [0.1, 0.15) is 26.0 Å². The van der Waals surface area contributed by atoms with E-state index in [-0.39, 0.29) is 0 Å². The maximum Gasteiger partial charge on any atom is 0.320 e. The molecule has 0 saturated carbocycles. The van der Waals surface area contributed by atoms with Crippen molar-refractivity contribution in [1.82, 2.24) is 9.55 Å². The number of aromatic nitrogens is 2. The standard InChI is InChI=1S/C9H8F2N2.C2H6/c1-6-2-4-12-8-7(6)3-5-13(8)9(10)11;1-2/h2-5,9H,1H3;1-2H3. The van der Waals surface area contributed by atoms with E-state index in [2.05, 4.69) is 4.98 Å². The summed E-state index contributed by atoms with van der Waals surface area (Å²) in [5.74, 6) is 0. The zero-order chi connectivity index (χ0) is 11.4. The highest BCUT2D eigenvalue weighted by atomic mass is 19.3. The minimum absolute atomic E-state index is 0.343. The minimum Gasteiger partial charge on any atom is -0.275 e. The van der Waals surface area contributed by atoms with Gasteiger partial charge in [-0.3, -0.25) is 4.57 Å². The normalized spacial score (nSPS) is 10.3. The van der Waals surface area contributed by atoms with Gasteiger partial charge in [-0.2, -0.15) is 8.78 Å². The first kappa shape index (κ1) is 11.6. The highest BCUT2D eigenvalue weighted by molar-refractivity contribution is 5.79. The second-order valence-electron chi connectivity index (χ2n) is 2.87. The van der Waals surface area contributed by atoms with Crippen molar-refractivity contribution in [3.05, 3.63) is 30.1 Å². The largest absolute Gasteiger partial charge is 0.320 e. The van der Waals surface area contributed by atoms with Gasteiger partial charge in [0.25, 0.3) is 0 Å². The van der Waals surface area contributed by atoms with Crippen LogP contribution in [0.4, 0.5) is 8.78 Å². The van der Waals surface area contributed by atoms with Gasteiger partial charge in [-0.1, -0.05) is 13.8 Å². The summed E-state index contributed by atoms with van der Waals surface area (Å²) in [6.07, 6.45) is 2.89. The molecule has 0 bridgehead atoms. The van der Waals surface area contributed by atoms with Gasteiger partial charge in [-0.05, 0) is 24.6 Å². The molecule has 0 amide bonds. The van der Waals surface area contributed by atoms with E-state index in [1.165, 1.54) is 12.4 Å². The van der Waals surface area contributed by atoms with E-state index in [1.807, 2.05) is 20.8 Å². The second kappa shape index (κ2) is 4.87. The summed E-state index contributed by atoms with van der Waals surface area (Å²) in [7, 11) is 0. The zero-order valence-corrected chi connectivity index (χ0v) is 9.04. The van der Waals surface area contributed by atoms with Crippen LogP contribution in [-0.2, 0) is 0 Å². The first-order valence-electron chi connectivity index (χ1n) is 4.90. The molecule has 82 valence electrons. The van der Waals surface area contributed by atoms with Crippen LogP contribution in [0, 0.1) is 6.92 Å². The lowest BCUT2D eigenvalue weighted by molar-refractivity contribution is 0.0746. The number of fused-ring (bicyclic) bond motifs is 1. The number of aryl methyl sites for hydroxylation is 1. The van der Waals surface area contributed by atoms with Crippen molar-refractivity contribution in [2.24, 2.45) is 0 Å². The SMILES string of the molecule is CC.Cc1ccnc2c1ccn2C(F)F. The van der Waals surface area contributed by atoms with Gasteiger partial charge < -0.3 is 0 Å². The molecule has 2 aromatic heterocycles. The maximum atomic E-state index is 12.4. The van der Waals surface area contributed by atoms with Crippen LogP contribution in [-0.4, -0.2) is 9.55 Å². The molecule has 0 N–H and O–H groups in total. The van der Waals surface area contributed by atoms with Crippen LogP contribution in [0.3, 0.4) is 0 Å². The van der Waals surface area contributed by atoms with Crippen molar-refractivity contribution in [3.63, 3.8) is 0 Å². The minimum atomic E-state index is -2.52. The topological polar surface area (TPSA) is 17.8 Å². The lowest BCUT2D eigenvalue weighted by Gasteiger charge is -2.01. The average Bonchev–Trinajstić information content (AvgIpc) is 2.66. The Morgan fingerprint density at radius 2 is 1.93 bits per heavy atom. The Kier molecular flexibility index (Phi) is 3.77. The molecular formula is C11H14F2N2. The summed E-state index contributed by atoms with van der Waals surface area (Å²) in [5, 5.41) is 0.780. The monoisotopic (exact) mass is 212 g/mol. The van der Waals surface area contributed by atoms with Gasteiger partial charge in [-0.25, -0.2) is 4.98 Å². The third-order valence-electron chi connectivity index (χ3n) is 2.04. The molecule has 0 saturated heterocycles. The molecule has 0 aliphatic heterocycles. The van der Waals surface area contributed by atoms with Crippen LogP contribution < -0.4 is 0 Å². The molecule has 0 spiro atoms. The molecular weight excluding hydrogens is 198 g/mol. The number of rotatable bonds is 1. The van der Waals surface area contributed by atoms with Crippen LogP contribution in [0.2, 0.25) is 0 Å². The van der Waals surface area contributed by atoms with Gasteiger partial charge in [-0.15, -0.1) is 0 Å². The molecule has 2 nitrogen and oxygen atoms in total. The predicted octanol–water partition coefficient (Wildman–Crippen LogP) is 3.77. The van der Waals surface area contributed by atoms with E-state index in [9.17, 15) is 8.78 Å². The lowest BCUT2D eigenvalue weighted by atomic mass is 10.2. The summed E-state index contributed by atoms with van der Waals surface area (Å²) in [6.45, 7) is 3.35. The molecule has 0 radical (unpaired) electrons. The molecule has 0 atom stereocenters. The number of halogens is 2. The summed E-state index contributed by atoms with van der Waals surface area (Å²) in [6, 6.07) is 3.46. The van der Waals surface area contributed by atoms with Gasteiger partial charge in [0.15, 0.2) is 0 Å². The van der Waals surface area contributed by atoms with Crippen molar-refractivity contribution in [2.75, 3.05) is 0 Å². The summed E-state index contributed by atoms with van der Waals surface area (Å²) < 4.78 is 25.6. The van der Waals surface area contributed by atoms with Crippen molar-refractivity contribution in [1.29, 1.82) is 0 Å². The van der Waals surface area contributed by atoms with Crippen molar-refractivity contribution in [3.8, 4) is 0 Å². The van der Waals surface area contributed by atoms with E-state index in [4.69, 9.17) is 0 Å². The van der Waals surface area contributed by atoms with Gasteiger partial charge in [0.2, 0.25) is 0 Å². The smallest absolute Gasteiger partial charge is 0.275 e. The van der Waals surface area contributed by atoms with Crippen molar-refractivity contribution < 1.29 is 8.78 Å². The molecule has 4 heteroatoms. The van der Waals surface area contributed by atoms with Crippen LogP contribution in [0.25, 0.3) is 11.0 Å². The first-order chi connectivity index (χ1) is 7.20. The Labute approximate surface area is 87.5 Å². The molecule has 2 aromatic rings. The van der Waals surface area contributed by atoms with E-state index in [0.29, 0.717) is 5.65 Å². The summed E-state index contributed by atoms with van der Waals surface area (Å²) >= 11 is 0. The summed E-state index contributed by atoms with van der Waals surface area (Å²) in [4.78, 5) is 3.91. The first-order valence-corrected chi connectivity index (χ1v) is 4.90. The Bertz CT molecular complexity index is 435. The molecule has 15 heavy (non-hydrogen) atoms. The van der Waals surface area contributed by atoms with Gasteiger partial charge in [0, 0.05) is 17.8 Å². The van der Waals surface area contributed by atoms with Crippen molar-refractivity contribution >= 4 is 11.0 Å². The average molecular weight is 212 g/mol. The van der Waals surface area contributed by atoms with Gasteiger partial charge in [0.05, 0.1) is 0 Å². The Morgan fingerprint density at radius 3 is 2.53 bits per heavy atom. The zero-order valence-electron chi connectivity index (χ0n) is 9.04. The molecule has 0 fully saturated rings. The number of pyridine rings is 1. The predicted molar refractivity (Wildman–Crippen MR) is 57.1 cm³/mol. The van der Waals surface area contributed by atoms with E-state index < -0.39 is 6.55 Å². The van der Waals surface area contributed by atoms with Crippen molar-refractivity contribution in [2.45, 2.75) is 27.3 Å². The number of hydrogen-bond acceptors (Lipinski definition) is 1. The number of alkyl halides is 2. The fourth-order valence-corrected chi connectivity index (χ4v) is 1.35. The Balaban J connectivity index is 0.000000531. The summed E-state index contributed by atoms with van der Waals surface area (Å²) in [5.41, 5.74) is 1.31. The van der Waals surface area contributed by atoms with E-state index >= 15 is 0 Å². The molecule has 2 heterocycles. The number of hydrogen-bond donors (Lipinski definition) is 0. The third kappa shape index (κ3) is 2.14. The molecule has 0 aliphatic rings. The molecule has 2 rings (SSSR count). The fourth-order valence-electron chi connectivity index (χ4n) is 1.35. The van der Waals surface area contributed by atoms with Crippen LogP contribution >= 0.6 is 0 Å². The highest BCUT2D eigenvalue weighted by Crippen LogP contribution is 2.21. The Hall–Kier alpha value is -1.45. The van der Waals surface area contributed by atoms with Crippen LogP contribution in [0.15, 0.2) is 24.5 Å². The van der Waals surface area contributed by atoms with E-state index in [1.54, 1.807) is 12.1 Å². The quantitative estimate of drug-likeness (QED) is 0.703. The van der Waals surface area contributed by atoms with E-state index in [0.717, 1.165) is 15.5 Å². The Morgan fingerprint density at radius 1 is 1.27 bits per heavy atom. The molecule has 0 aliphatic carbocycles. The fraction of sp³-hybridized carbons (Fsp3) is 0.364. The molecule has 0 aromatic carbocycles. The lowest BCUT2D eigenvalue weighted by Crippen LogP contribution is -1.96.